The molecule has 1 aliphatic heterocycles. The first kappa shape index (κ1) is 16.4. The summed E-state index contributed by atoms with van der Waals surface area (Å²) in [5, 5.41) is 7.15. The molecule has 1 fully saturated rings. The normalized spacial score (nSPS) is 17.4. The first-order valence-electron chi connectivity index (χ1n) is 9.27. The van der Waals surface area contributed by atoms with Crippen LogP contribution in [0.25, 0.3) is 0 Å². The minimum absolute atomic E-state index is 0.589. The molecular weight excluding hydrogens is 360 g/mol. The summed E-state index contributed by atoms with van der Waals surface area (Å²) in [6.45, 7) is 3.69. The predicted molar refractivity (Wildman–Crippen MR) is 107 cm³/mol. The Labute approximate surface area is 162 Å². The number of hydrogen-bond donors (Lipinski definition) is 0. The standard InChI is InChI=1S/C20H22N4S2/c25-20-23(12-15-4-2-1-3-5-15)19(16-6-7-16)21-24(20)14-22-10-8-18-17(13-22)9-11-26-18/h1-5,9,11,16H,6-8,10,12-14H2. The van der Waals surface area contributed by atoms with Gasteiger partial charge in [0.1, 0.15) is 5.82 Å². The van der Waals surface area contributed by atoms with Crippen molar-refractivity contribution in [3.8, 4) is 0 Å². The van der Waals surface area contributed by atoms with E-state index in [9.17, 15) is 0 Å². The number of aromatic nitrogens is 3. The maximum absolute atomic E-state index is 5.83. The van der Waals surface area contributed by atoms with E-state index < -0.39 is 0 Å². The SMILES string of the molecule is S=c1n(CN2CCc3sccc3C2)nc(C2CC2)n1Cc1ccccc1. The van der Waals surface area contributed by atoms with E-state index in [-0.39, 0.29) is 0 Å². The van der Waals surface area contributed by atoms with Crippen LogP contribution in [-0.4, -0.2) is 25.8 Å². The second kappa shape index (κ2) is 6.76. The Morgan fingerprint density at radius 3 is 2.81 bits per heavy atom. The second-order valence-corrected chi connectivity index (χ2v) is 8.67. The first-order chi connectivity index (χ1) is 12.8. The Morgan fingerprint density at radius 2 is 2.00 bits per heavy atom. The average Bonchev–Trinajstić information content (AvgIpc) is 3.33. The van der Waals surface area contributed by atoms with Gasteiger partial charge in [0.05, 0.1) is 13.2 Å². The van der Waals surface area contributed by atoms with Gasteiger partial charge in [0.2, 0.25) is 0 Å². The van der Waals surface area contributed by atoms with Crippen LogP contribution < -0.4 is 0 Å². The summed E-state index contributed by atoms with van der Waals surface area (Å²) >= 11 is 7.71. The highest BCUT2D eigenvalue weighted by atomic mass is 32.1. The lowest BCUT2D eigenvalue weighted by Gasteiger charge is -2.26. The number of fused-ring (bicyclic) bond motifs is 1. The van der Waals surface area contributed by atoms with Gasteiger partial charge in [0.15, 0.2) is 4.77 Å². The molecule has 6 heteroatoms. The maximum atomic E-state index is 5.83. The lowest BCUT2D eigenvalue weighted by Crippen LogP contribution is -2.32. The molecule has 0 radical (unpaired) electrons. The molecule has 2 aromatic heterocycles. The predicted octanol–water partition coefficient (Wildman–Crippen LogP) is 4.42. The molecule has 1 aliphatic carbocycles. The van der Waals surface area contributed by atoms with Crippen LogP contribution in [0.1, 0.15) is 40.6 Å². The third-order valence-electron chi connectivity index (χ3n) is 5.30. The van der Waals surface area contributed by atoms with Crippen molar-refractivity contribution in [1.29, 1.82) is 0 Å². The molecule has 0 unspecified atom stereocenters. The van der Waals surface area contributed by atoms with Gasteiger partial charge in [0, 0.05) is 23.9 Å². The minimum Gasteiger partial charge on any atom is -0.299 e. The van der Waals surface area contributed by atoms with E-state index in [0.29, 0.717) is 5.92 Å². The van der Waals surface area contributed by atoms with Crippen LogP contribution in [0.5, 0.6) is 0 Å². The molecule has 0 saturated heterocycles. The van der Waals surface area contributed by atoms with Crippen molar-refractivity contribution in [3.05, 3.63) is 68.4 Å². The quantitative estimate of drug-likeness (QED) is 0.611. The minimum atomic E-state index is 0.589. The summed E-state index contributed by atoms with van der Waals surface area (Å²) in [5.41, 5.74) is 2.75. The summed E-state index contributed by atoms with van der Waals surface area (Å²) in [7, 11) is 0. The number of benzene rings is 1. The molecule has 4 nitrogen and oxygen atoms in total. The molecule has 3 heterocycles. The van der Waals surface area contributed by atoms with E-state index in [1.807, 2.05) is 16.0 Å². The molecule has 3 aromatic rings. The van der Waals surface area contributed by atoms with Gasteiger partial charge in [0.25, 0.3) is 0 Å². The molecule has 26 heavy (non-hydrogen) atoms. The molecule has 0 amide bonds. The Bertz CT molecular complexity index is 965. The second-order valence-electron chi connectivity index (χ2n) is 7.30. The van der Waals surface area contributed by atoms with Crippen LogP contribution in [0.2, 0.25) is 0 Å². The Kier molecular flexibility index (Phi) is 4.27. The Balaban J connectivity index is 1.41. The van der Waals surface area contributed by atoms with Crippen LogP contribution in [-0.2, 0) is 26.2 Å². The first-order valence-corrected chi connectivity index (χ1v) is 10.6. The average molecular weight is 383 g/mol. The fourth-order valence-corrected chi connectivity index (χ4v) is 4.87. The van der Waals surface area contributed by atoms with Gasteiger partial charge >= 0.3 is 0 Å². The summed E-state index contributed by atoms with van der Waals surface area (Å²) < 4.78 is 5.15. The van der Waals surface area contributed by atoms with Gasteiger partial charge in [-0.1, -0.05) is 30.3 Å². The molecule has 0 bridgehead atoms. The molecule has 1 saturated carbocycles. The van der Waals surface area contributed by atoms with Gasteiger partial charge in [-0.2, -0.15) is 5.10 Å². The van der Waals surface area contributed by atoms with Gasteiger partial charge in [-0.3, -0.25) is 9.47 Å². The van der Waals surface area contributed by atoms with Gasteiger partial charge < -0.3 is 0 Å². The van der Waals surface area contributed by atoms with Crippen molar-refractivity contribution in [3.63, 3.8) is 0 Å². The number of rotatable bonds is 5. The lowest BCUT2D eigenvalue weighted by molar-refractivity contribution is 0.189. The summed E-state index contributed by atoms with van der Waals surface area (Å²) in [6.07, 6.45) is 3.62. The van der Waals surface area contributed by atoms with Gasteiger partial charge in [-0.15, -0.1) is 11.3 Å². The van der Waals surface area contributed by atoms with E-state index in [4.69, 9.17) is 17.3 Å². The zero-order chi connectivity index (χ0) is 17.5. The zero-order valence-corrected chi connectivity index (χ0v) is 16.3. The number of nitrogens with zero attached hydrogens (tertiary/aromatic N) is 4. The lowest BCUT2D eigenvalue weighted by atomic mass is 10.1. The monoisotopic (exact) mass is 382 g/mol. The Morgan fingerprint density at radius 1 is 1.15 bits per heavy atom. The van der Waals surface area contributed by atoms with E-state index in [1.54, 1.807) is 0 Å². The molecule has 0 atom stereocenters. The molecule has 0 N–H and O–H groups in total. The summed E-state index contributed by atoms with van der Waals surface area (Å²) in [6, 6.07) is 12.8. The van der Waals surface area contributed by atoms with Crippen molar-refractivity contribution >= 4 is 23.6 Å². The molecule has 2 aliphatic rings. The van der Waals surface area contributed by atoms with E-state index in [1.165, 1.54) is 34.7 Å². The highest BCUT2D eigenvalue weighted by Crippen LogP contribution is 2.39. The largest absolute Gasteiger partial charge is 0.299 e. The number of hydrogen-bond acceptors (Lipinski definition) is 4. The topological polar surface area (TPSA) is 26.0 Å². The van der Waals surface area contributed by atoms with Crippen molar-refractivity contribution in [2.75, 3.05) is 6.54 Å². The molecule has 134 valence electrons. The van der Waals surface area contributed by atoms with Crippen molar-refractivity contribution in [2.45, 2.75) is 44.9 Å². The fourth-order valence-electron chi connectivity index (χ4n) is 3.73. The molecule has 0 spiro atoms. The highest BCUT2D eigenvalue weighted by molar-refractivity contribution is 7.71. The molecule has 5 rings (SSSR count). The third kappa shape index (κ3) is 3.17. The van der Waals surface area contributed by atoms with E-state index in [0.717, 1.165) is 37.5 Å². The van der Waals surface area contributed by atoms with Crippen LogP contribution in [0, 0.1) is 4.77 Å². The summed E-state index contributed by atoms with van der Waals surface area (Å²) in [5.74, 6) is 1.76. The fraction of sp³-hybridized carbons (Fsp3) is 0.400. The molecular formula is C20H22N4S2. The van der Waals surface area contributed by atoms with Crippen LogP contribution in [0.3, 0.4) is 0 Å². The van der Waals surface area contributed by atoms with Crippen molar-refractivity contribution < 1.29 is 0 Å². The van der Waals surface area contributed by atoms with Crippen LogP contribution in [0.4, 0.5) is 0 Å². The van der Waals surface area contributed by atoms with Crippen molar-refractivity contribution in [2.24, 2.45) is 0 Å². The van der Waals surface area contributed by atoms with Crippen LogP contribution >= 0.6 is 23.6 Å². The Hall–Kier alpha value is -1.76. The van der Waals surface area contributed by atoms with Crippen LogP contribution in [0.15, 0.2) is 41.8 Å². The van der Waals surface area contributed by atoms with Gasteiger partial charge in [-0.05, 0) is 54.1 Å². The molecule has 1 aromatic carbocycles. The van der Waals surface area contributed by atoms with Crippen molar-refractivity contribution in [1.82, 2.24) is 19.2 Å². The third-order valence-corrected chi connectivity index (χ3v) is 6.75. The van der Waals surface area contributed by atoms with Gasteiger partial charge in [-0.25, -0.2) is 4.68 Å². The zero-order valence-electron chi connectivity index (χ0n) is 14.7. The van der Waals surface area contributed by atoms with E-state index in [2.05, 4.69) is 51.2 Å². The smallest absolute Gasteiger partial charge is 0.199 e. The van der Waals surface area contributed by atoms with E-state index >= 15 is 0 Å². The maximum Gasteiger partial charge on any atom is 0.199 e. The number of thiophene rings is 1. The summed E-state index contributed by atoms with van der Waals surface area (Å²) in [4.78, 5) is 4.00. The highest BCUT2D eigenvalue weighted by Gasteiger charge is 2.30.